The molecule has 5 heteroatoms. The summed E-state index contributed by atoms with van der Waals surface area (Å²) in [5.41, 5.74) is 0. The summed E-state index contributed by atoms with van der Waals surface area (Å²) < 4.78 is 183. The first kappa shape index (κ1) is 3.22. The van der Waals surface area contributed by atoms with Crippen molar-refractivity contribution >= 4 is 7.82 Å². The van der Waals surface area contributed by atoms with Crippen molar-refractivity contribution in [2.24, 2.45) is 17.7 Å². The summed E-state index contributed by atoms with van der Waals surface area (Å²) in [7, 11) is -5.79. The van der Waals surface area contributed by atoms with Crippen LogP contribution in [0, 0.1) is 17.7 Å². The van der Waals surface area contributed by atoms with E-state index in [1.54, 1.807) is 0 Å². The Kier molecular flexibility index (Phi) is 1.57. The molecule has 104 valence electrons. The molecular weight excluding hydrogens is 239 g/mol. The Balaban J connectivity index is 6.63. The maximum atomic E-state index is 13.3. The van der Waals surface area contributed by atoms with Crippen LogP contribution < -0.4 is 0 Å². The molecule has 0 rings (SSSR count). The summed E-state index contributed by atoms with van der Waals surface area (Å²) >= 11 is 0. The molecule has 0 aromatic rings. The Morgan fingerprint density at radius 2 is 1.18 bits per heavy atom. The number of hydrogen-bond acceptors (Lipinski definition) is 4. The molecule has 0 aliphatic heterocycles. The fourth-order valence-electron chi connectivity index (χ4n) is 0.543. The van der Waals surface area contributed by atoms with Gasteiger partial charge in [0.05, 0.1) is 19.8 Å². The van der Waals surface area contributed by atoms with E-state index in [0.29, 0.717) is 0 Å². The van der Waals surface area contributed by atoms with E-state index < -0.39 is 86.4 Å². The molecule has 4 nitrogen and oxygen atoms in total. The zero-order valence-electron chi connectivity index (χ0n) is 29.7. The third kappa shape index (κ3) is 9.78. The monoisotopic (exact) mass is 287 g/mol. The average Bonchev–Trinajstić information content (AvgIpc) is 2.63. The maximum Gasteiger partial charge on any atom is 0.474 e. The highest BCUT2D eigenvalue weighted by Gasteiger charge is 2.27. The molecule has 0 heterocycles. The van der Waals surface area contributed by atoms with E-state index in [4.69, 9.17) is 28.8 Å². The second-order valence-corrected chi connectivity index (χ2v) is 4.37. The Hall–Kier alpha value is 0.110. The molecule has 17 heavy (non-hydrogen) atoms. The van der Waals surface area contributed by atoms with Gasteiger partial charge in [0.1, 0.15) is 0 Å². The Labute approximate surface area is 135 Å². The SMILES string of the molecule is [2H]C([2H])([2H])C([2H])(COP(=O)(OCC([2H])(C([2H])([2H])[2H])C([2H])([2H])[2H])OCC([2H])(C([2H])([2H])[2H])C([2H])([2H])[2H])C([2H])([2H])[2H]. The van der Waals surface area contributed by atoms with Crippen molar-refractivity contribution in [2.75, 3.05) is 19.8 Å². The minimum atomic E-state index is -5.79. The zero-order valence-corrected chi connectivity index (χ0v) is 9.60. The molecule has 0 aliphatic rings. The largest absolute Gasteiger partial charge is 0.474 e. The van der Waals surface area contributed by atoms with Gasteiger partial charge in [-0.25, -0.2) is 4.57 Å². The van der Waals surface area contributed by atoms with Gasteiger partial charge >= 0.3 is 7.82 Å². The summed E-state index contributed by atoms with van der Waals surface area (Å²) in [5, 5.41) is 0. The summed E-state index contributed by atoms with van der Waals surface area (Å²) in [6.45, 7) is -27.6. The normalized spacial score (nSPS) is 37.5. The van der Waals surface area contributed by atoms with Crippen molar-refractivity contribution in [1.29, 1.82) is 0 Å². The molecule has 0 amide bonds. The van der Waals surface area contributed by atoms with E-state index in [0.717, 1.165) is 0 Å². The standard InChI is InChI=1S/C12H27O4P/c1-10(2)7-14-17(13,15-8-11(3)4)16-9-12(5)6/h10-12H,7-9H2,1-6H3/i1D3,2D3,3D3,4D3,5D3,6D3,10D,11D,12D. The van der Waals surface area contributed by atoms with E-state index in [2.05, 4.69) is 13.6 Å². The third-order valence-electron chi connectivity index (χ3n) is 1.10. The number of rotatable bonds is 9. The van der Waals surface area contributed by atoms with E-state index in [-0.39, 0.29) is 0 Å². The quantitative estimate of drug-likeness (QED) is 0.599. The summed E-state index contributed by atoms with van der Waals surface area (Å²) in [4.78, 5) is 0. The van der Waals surface area contributed by atoms with Gasteiger partial charge < -0.3 is 0 Å². The number of hydrogen-bond donors (Lipinski definition) is 0. The van der Waals surface area contributed by atoms with Crippen molar-refractivity contribution in [2.45, 2.75) is 41.1 Å². The molecular formula is C12H27O4P. The van der Waals surface area contributed by atoms with Crippen LogP contribution in [-0.4, -0.2) is 19.8 Å². The highest BCUT2D eigenvalue weighted by molar-refractivity contribution is 7.48. The van der Waals surface area contributed by atoms with Crippen LogP contribution in [0.4, 0.5) is 0 Å². The molecule has 0 fully saturated rings. The Morgan fingerprint density at radius 1 is 0.882 bits per heavy atom. The van der Waals surface area contributed by atoms with Gasteiger partial charge in [0.2, 0.25) is 0 Å². The molecule has 0 spiro atoms. The molecule has 0 saturated carbocycles. The van der Waals surface area contributed by atoms with Gasteiger partial charge in [0.25, 0.3) is 0 Å². The van der Waals surface area contributed by atoms with Crippen molar-refractivity contribution in [3.05, 3.63) is 0 Å². The lowest BCUT2D eigenvalue weighted by atomic mass is 10.2. The van der Waals surface area contributed by atoms with Crippen molar-refractivity contribution in [3.63, 3.8) is 0 Å². The van der Waals surface area contributed by atoms with Crippen LogP contribution >= 0.6 is 7.82 Å². The van der Waals surface area contributed by atoms with Crippen LogP contribution in [0.3, 0.4) is 0 Å². The lowest BCUT2D eigenvalue weighted by Crippen LogP contribution is -2.10. The smallest absolute Gasteiger partial charge is 0.287 e. The predicted molar refractivity (Wildman–Crippen MR) is 70.0 cm³/mol. The molecule has 0 unspecified atom stereocenters. The molecule has 0 aromatic carbocycles. The van der Waals surface area contributed by atoms with Gasteiger partial charge in [-0.2, -0.15) is 0 Å². The highest BCUT2D eigenvalue weighted by Crippen LogP contribution is 2.50. The minimum absolute atomic E-state index is 1.86. The fourth-order valence-corrected chi connectivity index (χ4v) is 1.63. The minimum Gasteiger partial charge on any atom is -0.287 e. The van der Waals surface area contributed by atoms with Gasteiger partial charge in [0.15, 0.2) is 0 Å². The fraction of sp³-hybridized carbons (Fsp3) is 1.00. The van der Waals surface area contributed by atoms with Crippen molar-refractivity contribution in [1.82, 2.24) is 0 Å². The second kappa shape index (κ2) is 8.25. The molecule has 0 radical (unpaired) electrons. The van der Waals surface area contributed by atoms with Gasteiger partial charge in [-0.05, 0) is 17.7 Å². The van der Waals surface area contributed by atoms with E-state index in [1.807, 2.05) is 0 Å². The second-order valence-electron chi connectivity index (χ2n) is 2.70. The van der Waals surface area contributed by atoms with Gasteiger partial charge in [-0.3, -0.25) is 13.6 Å². The van der Waals surface area contributed by atoms with Gasteiger partial charge in [-0.15, -0.1) is 0 Å². The van der Waals surface area contributed by atoms with Crippen LogP contribution in [0.1, 0.15) is 69.9 Å². The lowest BCUT2D eigenvalue weighted by molar-refractivity contribution is 0.0882. The summed E-state index contributed by atoms with van der Waals surface area (Å²) in [6.07, 6.45) is 0. The molecule has 0 atom stereocenters. The van der Waals surface area contributed by atoms with Crippen LogP contribution in [0.25, 0.3) is 0 Å². The van der Waals surface area contributed by atoms with Crippen LogP contribution in [0.15, 0.2) is 0 Å². The van der Waals surface area contributed by atoms with Crippen molar-refractivity contribution < 1.29 is 46.9 Å². The Bertz CT molecular complexity index is 694. The highest BCUT2D eigenvalue weighted by atomic mass is 31.2. The zero-order chi connectivity index (χ0) is 31.2. The van der Waals surface area contributed by atoms with Crippen molar-refractivity contribution in [3.8, 4) is 0 Å². The molecule has 0 aromatic heterocycles. The first-order chi connectivity index (χ1) is 16.1. The first-order valence-corrected chi connectivity index (χ1v) is 5.62. The average molecular weight is 287 g/mol. The van der Waals surface area contributed by atoms with E-state index in [9.17, 15) is 4.57 Å². The summed E-state index contributed by atoms with van der Waals surface area (Å²) in [5.74, 6) is -10.7. The molecule has 0 bridgehead atoms. The lowest BCUT2D eigenvalue weighted by Gasteiger charge is -2.20. The number of phosphoric ester groups is 1. The topological polar surface area (TPSA) is 44.8 Å². The number of phosphoric acid groups is 1. The molecule has 0 saturated heterocycles. The van der Waals surface area contributed by atoms with Gasteiger partial charge in [-0.1, -0.05) is 41.1 Å². The Morgan fingerprint density at radius 3 is 1.41 bits per heavy atom. The van der Waals surface area contributed by atoms with E-state index in [1.165, 1.54) is 0 Å². The van der Waals surface area contributed by atoms with Gasteiger partial charge in [0, 0.05) is 28.8 Å². The van der Waals surface area contributed by atoms with E-state index >= 15 is 0 Å². The maximum absolute atomic E-state index is 13.3. The first-order valence-electron chi connectivity index (χ1n) is 14.7. The van der Waals surface area contributed by atoms with Crippen LogP contribution in [0.2, 0.25) is 0 Å². The molecule has 0 N–H and O–H groups in total. The molecule has 0 aliphatic carbocycles. The van der Waals surface area contributed by atoms with Crippen LogP contribution in [-0.2, 0) is 18.1 Å². The van der Waals surface area contributed by atoms with Crippen LogP contribution in [0.5, 0.6) is 0 Å². The summed E-state index contributed by atoms with van der Waals surface area (Å²) in [6, 6.07) is 0. The third-order valence-corrected chi connectivity index (χ3v) is 2.44. The predicted octanol–water partition coefficient (Wildman–Crippen LogP) is 4.11.